The molecule has 330 valence electrons. The van der Waals surface area contributed by atoms with E-state index in [4.69, 9.17) is 9.72 Å². The molecule has 3 aliphatic rings. The normalized spacial score (nSPS) is 15.2. The van der Waals surface area contributed by atoms with Crippen LogP contribution in [0.2, 0.25) is 0 Å². The number of fused-ring (bicyclic) bond motifs is 9. The Labute approximate surface area is 392 Å². The summed E-state index contributed by atoms with van der Waals surface area (Å²) in [6, 6.07) is 39.3. The van der Waals surface area contributed by atoms with Crippen LogP contribution in [-0.2, 0) is 53.6 Å². The zero-order valence-corrected chi connectivity index (χ0v) is 42.6. The minimum absolute atomic E-state index is 0. The summed E-state index contributed by atoms with van der Waals surface area (Å²) in [4.78, 5) is 9.36. The molecule has 9 rings (SSSR count). The second-order valence-electron chi connectivity index (χ2n) is 23.2. The van der Waals surface area contributed by atoms with Gasteiger partial charge in [-0.3, -0.25) is 0 Å². The fourth-order valence-electron chi connectivity index (χ4n) is 10.0. The van der Waals surface area contributed by atoms with Gasteiger partial charge in [0.05, 0.1) is 0 Å². The number of para-hydroxylation sites is 1. The second-order valence-corrected chi connectivity index (χ2v) is 23.2. The quantitative estimate of drug-likeness (QED) is 0.165. The Hall–Kier alpha value is -4.66. The van der Waals surface area contributed by atoms with Gasteiger partial charge >= 0.3 is 0 Å². The van der Waals surface area contributed by atoms with Crippen molar-refractivity contribution in [3.63, 3.8) is 0 Å². The first kappa shape index (κ1) is 44.9. The zero-order valence-electron chi connectivity index (χ0n) is 40.3. The van der Waals surface area contributed by atoms with Gasteiger partial charge in [-0.1, -0.05) is 158 Å². The zero-order chi connectivity index (χ0) is 44.7. The first-order valence-corrected chi connectivity index (χ1v) is 22.4. The van der Waals surface area contributed by atoms with Crippen LogP contribution in [0.15, 0.2) is 91.1 Å². The third kappa shape index (κ3) is 7.18. The van der Waals surface area contributed by atoms with E-state index >= 15 is 0 Å². The molecule has 0 fully saturated rings. The van der Waals surface area contributed by atoms with Crippen LogP contribution in [0.5, 0.6) is 11.5 Å². The molecule has 5 heteroatoms. The summed E-state index contributed by atoms with van der Waals surface area (Å²) in [5.41, 5.74) is 18.8. The van der Waals surface area contributed by atoms with E-state index in [2.05, 4.69) is 212 Å². The molecular weight excluding hydrogens is 950 g/mol. The Morgan fingerprint density at radius 1 is 0.571 bits per heavy atom. The predicted molar refractivity (Wildman–Crippen MR) is 260 cm³/mol. The summed E-state index contributed by atoms with van der Waals surface area (Å²) >= 11 is 0. The second kappa shape index (κ2) is 14.7. The molecule has 0 unspecified atom stereocenters. The average Bonchev–Trinajstić information content (AvgIpc) is 3.67. The minimum Gasteiger partial charge on any atom is -0.504 e. The van der Waals surface area contributed by atoms with E-state index < -0.39 is 5.41 Å². The van der Waals surface area contributed by atoms with E-state index in [0.29, 0.717) is 11.5 Å². The van der Waals surface area contributed by atoms with Crippen molar-refractivity contribution in [3.05, 3.63) is 160 Å². The number of aromatic nitrogens is 1. The smallest absolute Gasteiger partial charge is 0.0421 e. The van der Waals surface area contributed by atoms with E-state index in [0.717, 1.165) is 16.9 Å². The molecule has 0 saturated heterocycles. The van der Waals surface area contributed by atoms with Crippen molar-refractivity contribution in [1.29, 1.82) is 0 Å². The third-order valence-corrected chi connectivity index (χ3v) is 13.4. The number of hydrogen-bond acceptors (Lipinski definition) is 4. The summed E-state index contributed by atoms with van der Waals surface area (Å²) in [6.07, 6.45) is 1.89. The van der Waals surface area contributed by atoms with Gasteiger partial charge in [0.25, 0.3) is 0 Å². The Kier molecular flexibility index (Phi) is 10.5. The molecule has 4 nitrogen and oxygen atoms in total. The third-order valence-electron chi connectivity index (χ3n) is 13.4. The van der Waals surface area contributed by atoms with Gasteiger partial charge in [-0.2, -0.15) is 12.7 Å². The van der Waals surface area contributed by atoms with Gasteiger partial charge in [0.15, 0.2) is 0 Å². The van der Waals surface area contributed by atoms with Gasteiger partial charge in [-0.25, -0.2) is 0 Å². The molecule has 3 heterocycles. The summed E-state index contributed by atoms with van der Waals surface area (Å²) in [7, 11) is 2.16. The Morgan fingerprint density at radius 3 is 1.68 bits per heavy atom. The van der Waals surface area contributed by atoms with Crippen LogP contribution in [0, 0.1) is 18.8 Å². The summed E-state index contributed by atoms with van der Waals surface area (Å²) < 4.78 is 6.79. The van der Waals surface area contributed by atoms with Crippen LogP contribution < -0.4 is 14.5 Å². The SMILES string of the molecule is CN1[CH-]N2c3[c-]c(Oc4[c-]c(-c5cc(C(C)(C)C)ccn5)ccc4)ccc3C3(c4cccc1c42)c1c(cc(C(C)(C)C)cc1C(C)(C)C)-c1cc(C(C)(C)C)cc(C(C)(C)C)c13.[Pt]. The van der Waals surface area contributed by atoms with Gasteiger partial charge in [0, 0.05) is 55.6 Å². The molecule has 1 aromatic heterocycles. The van der Waals surface area contributed by atoms with Gasteiger partial charge in [0.2, 0.25) is 0 Å². The number of nitrogens with zero attached hydrogens (tertiary/aromatic N) is 3. The summed E-state index contributed by atoms with van der Waals surface area (Å²) in [5.74, 6) is 1.27. The van der Waals surface area contributed by atoms with E-state index in [1.54, 1.807) is 0 Å². The van der Waals surface area contributed by atoms with Gasteiger partial charge in [0.1, 0.15) is 0 Å². The molecule has 0 radical (unpaired) electrons. The fraction of sp³-hybridized carbons (Fsp3) is 0.379. The largest absolute Gasteiger partial charge is 0.504 e. The molecule has 0 amide bonds. The van der Waals surface area contributed by atoms with E-state index in [-0.39, 0.29) is 48.1 Å². The molecule has 0 bridgehead atoms. The predicted octanol–water partition coefficient (Wildman–Crippen LogP) is 15.0. The van der Waals surface area contributed by atoms with E-state index in [1.165, 1.54) is 72.6 Å². The van der Waals surface area contributed by atoms with Crippen LogP contribution in [0.1, 0.15) is 154 Å². The van der Waals surface area contributed by atoms with Gasteiger partial charge in [-0.15, -0.1) is 41.5 Å². The number of benzene rings is 5. The van der Waals surface area contributed by atoms with Crippen LogP contribution >= 0.6 is 0 Å². The molecule has 2 aliphatic heterocycles. The maximum absolute atomic E-state index is 6.79. The van der Waals surface area contributed by atoms with Crippen molar-refractivity contribution in [2.24, 2.45) is 0 Å². The van der Waals surface area contributed by atoms with Crippen LogP contribution in [0.3, 0.4) is 0 Å². The first-order chi connectivity index (χ1) is 28.8. The molecule has 0 N–H and O–H groups in total. The van der Waals surface area contributed by atoms with Crippen molar-refractivity contribution < 1.29 is 25.8 Å². The topological polar surface area (TPSA) is 28.6 Å². The van der Waals surface area contributed by atoms with Crippen LogP contribution in [0.25, 0.3) is 22.4 Å². The molecule has 6 aromatic rings. The van der Waals surface area contributed by atoms with Gasteiger partial charge in [-0.05, 0) is 108 Å². The number of ether oxygens (including phenoxy) is 1. The molecule has 5 aromatic carbocycles. The molecule has 1 aliphatic carbocycles. The molecule has 0 saturated carbocycles. The van der Waals surface area contributed by atoms with E-state index in [9.17, 15) is 0 Å². The van der Waals surface area contributed by atoms with Crippen molar-refractivity contribution in [2.75, 3.05) is 16.8 Å². The van der Waals surface area contributed by atoms with Crippen molar-refractivity contribution in [3.8, 4) is 33.9 Å². The maximum atomic E-state index is 6.79. The molecule has 1 spiro atoms. The summed E-state index contributed by atoms with van der Waals surface area (Å²) in [5, 5.41) is 0. The molecule has 0 atom stereocenters. The monoisotopic (exact) mass is 1010 g/mol. The standard InChI is InChI=1S/C58H64N3O.Pt/c1-53(2,3)36-25-26-59-47(32-36)35-19-17-20-39(27-35)62-40-23-24-43-49(33-40)61-34-60(16)48-22-18-21-44(52(48)61)58(43)50-41(28-37(54(4,5)6)30-45(50)56(10,11)12)42-29-38(55(7,8)9)31-46(51(42)58)57(13,14)15;/h17-26,28-32,34H,1-16H3;/q-3;. The Bertz CT molecular complexity index is 2720. The Morgan fingerprint density at radius 2 is 1.13 bits per heavy atom. The number of rotatable bonds is 3. The van der Waals surface area contributed by atoms with Crippen LogP contribution in [-0.4, -0.2) is 12.0 Å². The van der Waals surface area contributed by atoms with Crippen LogP contribution in [0.4, 0.5) is 17.1 Å². The Balaban J connectivity index is 0.00000544. The molecular formula is C58H64N3OPt-3. The van der Waals surface area contributed by atoms with Gasteiger partial charge < -0.3 is 19.5 Å². The van der Waals surface area contributed by atoms with Crippen molar-refractivity contribution in [2.45, 2.75) is 136 Å². The van der Waals surface area contributed by atoms with Crippen molar-refractivity contribution in [1.82, 2.24) is 4.98 Å². The number of hydrogen-bond donors (Lipinski definition) is 0. The molecule has 63 heavy (non-hydrogen) atoms. The van der Waals surface area contributed by atoms with Crippen molar-refractivity contribution >= 4 is 17.1 Å². The maximum Gasteiger partial charge on any atom is 0.0421 e. The van der Waals surface area contributed by atoms with E-state index in [1.807, 2.05) is 18.3 Å². The first-order valence-electron chi connectivity index (χ1n) is 22.4. The number of pyridine rings is 1. The average molecular weight is 1010 g/mol. The fourth-order valence-corrected chi connectivity index (χ4v) is 10.0. The summed E-state index contributed by atoms with van der Waals surface area (Å²) in [6.45, 7) is 37.4. The minimum atomic E-state index is -0.649. The number of anilines is 3.